The number of nitro benzene ring substituents is 1. The van der Waals surface area contributed by atoms with Crippen LogP contribution in [0, 0.1) is 10.1 Å². The second-order valence-corrected chi connectivity index (χ2v) is 5.55. The number of amides is 1. The number of hydrazone groups is 1. The topological polar surface area (TPSA) is 102 Å². The van der Waals surface area contributed by atoms with Crippen molar-refractivity contribution < 1.29 is 19.2 Å². The molecule has 0 aromatic heterocycles. The van der Waals surface area contributed by atoms with Crippen LogP contribution in [-0.4, -0.2) is 22.5 Å². The maximum atomic E-state index is 12.3. The van der Waals surface area contributed by atoms with Crippen molar-refractivity contribution in [2.24, 2.45) is 5.10 Å². The summed E-state index contributed by atoms with van der Waals surface area (Å²) in [6, 6.07) is 14.8. The minimum absolute atomic E-state index is 0.104. The fourth-order valence-corrected chi connectivity index (χ4v) is 2.51. The third-order valence-electron chi connectivity index (χ3n) is 3.82. The molecule has 1 heterocycles. The van der Waals surface area contributed by atoms with Crippen molar-refractivity contribution in [2.75, 3.05) is 5.01 Å². The molecule has 0 saturated heterocycles. The maximum absolute atomic E-state index is 12.3. The van der Waals surface area contributed by atoms with Crippen LogP contribution in [0.2, 0.25) is 0 Å². The maximum Gasteiger partial charge on any atom is 0.354 e. The van der Waals surface area contributed by atoms with Gasteiger partial charge in [0, 0.05) is 18.9 Å². The van der Waals surface area contributed by atoms with Gasteiger partial charge in [-0.05, 0) is 18.2 Å². The lowest BCUT2D eigenvalue weighted by atomic mass is 10.1. The van der Waals surface area contributed by atoms with Crippen molar-refractivity contribution in [3.8, 4) is 0 Å². The van der Waals surface area contributed by atoms with Gasteiger partial charge in [0.05, 0.1) is 16.2 Å². The van der Waals surface area contributed by atoms with Gasteiger partial charge in [-0.2, -0.15) is 5.10 Å². The molecule has 0 saturated carbocycles. The Morgan fingerprint density at radius 1 is 1.12 bits per heavy atom. The predicted molar refractivity (Wildman–Crippen MR) is 93.5 cm³/mol. The molecule has 0 aliphatic carbocycles. The molecular formula is C18H15N3O5. The zero-order valence-electron chi connectivity index (χ0n) is 13.7. The molecule has 1 amide bonds. The number of para-hydroxylation sites is 2. The van der Waals surface area contributed by atoms with Gasteiger partial charge >= 0.3 is 5.97 Å². The van der Waals surface area contributed by atoms with Crippen LogP contribution in [0.15, 0.2) is 59.7 Å². The molecule has 0 unspecified atom stereocenters. The van der Waals surface area contributed by atoms with Crippen LogP contribution >= 0.6 is 0 Å². The third-order valence-corrected chi connectivity index (χ3v) is 3.82. The Morgan fingerprint density at radius 3 is 2.54 bits per heavy atom. The molecule has 1 aliphatic rings. The van der Waals surface area contributed by atoms with E-state index in [2.05, 4.69) is 5.10 Å². The predicted octanol–water partition coefficient (Wildman–Crippen LogP) is 2.82. The van der Waals surface area contributed by atoms with Crippen molar-refractivity contribution in [1.82, 2.24) is 0 Å². The quantitative estimate of drug-likeness (QED) is 0.467. The molecule has 2 aromatic rings. The largest absolute Gasteiger partial charge is 0.456 e. The zero-order chi connectivity index (χ0) is 18.5. The molecule has 2 aromatic carbocycles. The Balaban J connectivity index is 1.74. The Hall–Kier alpha value is -3.55. The summed E-state index contributed by atoms with van der Waals surface area (Å²) in [5, 5.41) is 16.3. The summed E-state index contributed by atoms with van der Waals surface area (Å²) >= 11 is 0. The highest BCUT2D eigenvalue weighted by Crippen LogP contribution is 2.21. The van der Waals surface area contributed by atoms with E-state index in [0.717, 1.165) is 0 Å². The van der Waals surface area contributed by atoms with Crippen molar-refractivity contribution >= 4 is 29.0 Å². The Kier molecular flexibility index (Phi) is 5.02. The molecular weight excluding hydrogens is 338 g/mol. The summed E-state index contributed by atoms with van der Waals surface area (Å²) in [7, 11) is 0. The smallest absolute Gasteiger partial charge is 0.354 e. The van der Waals surface area contributed by atoms with Gasteiger partial charge in [0.15, 0.2) is 0 Å². The van der Waals surface area contributed by atoms with Crippen LogP contribution in [0.1, 0.15) is 18.4 Å². The lowest BCUT2D eigenvalue weighted by Gasteiger charge is -2.22. The normalized spacial score (nSPS) is 13.9. The van der Waals surface area contributed by atoms with Gasteiger partial charge in [-0.1, -0.05) is 30.3 Å². The van der Waals surface area contributed by atoms with Crippen LogP contribution in [0.3, 0.4) is 0 Å². The van der Waals surface area contributed by atoms with E-state index in [1.165, 1.54) is 23.2 Å². The molecule has 0 atom stereocenters. The highest BCUT2D eigenvalue weighted by Gasteiger charge is 2.26. The first-order valence-corrected chi connectivity index (χ1v) is 7.91. The van der Waals surface area contributed by atoms with E-state index < -0.39 is 10.9 Å². The van der Waals surface area contributed by atoms with E-state index in [1.807, 2.05) is 6.07 Å². The fourth-order valence-electron chi connectivity index (χ4n) is 2.51. The average molecular weight is 353 g/mol. The number of hydrogen-bond donors (Lipinski definition) is 0. The summed E-state index contributed by atoms with van der Waals surface area (Å²) in [5.74, 6) is -0.914. The second-order valence-electron chi connectivity index (χ2n) is 5.55. The van der Waals surface area contributed by atoms with Crippen LogP contribution in [0.4, 0.5) is 11.4 Å². The lowest BCUT2D eigenvalue weighted by molar-refractivity contribution is -0.385. The molecule has 0 bridgehead atoms. The van der Waals surface area contributed by atoms with Crippen molar-refractivity contribution in [3.05, 3.63) is 70.3 Å². The summed E-state index contributed by atoms with van der Waals surface area (Å²) in [6.45, 7) is -0.242. The number of anilines is 1. The molecule has 26 heavy (non-hydrogen) atoms. The average Bonchev–Trinajstić information content (AvgIpc) is 2.67. The van der Waals surface area contributed by atoms with E-state index in [4.69, 9.17) is 4.74 Å². The Bertz CT molecular complexity index is 879. The minimum atomic E-state index is -0.698. The van der Waals surface area contributed by atoms with Crippen LogP contribution in [0.5, 0.6) is 0 Å². The lowest BCUT2D eigenvalue weighted by Crippen LogP contribution is -2.34. The number of carbonyl (C=O) groups excluding carboxylic acids is 2. The fraction of sp³-hybridized carbons (Fsp3) is 0.167. The van der Waals surface area contributed by atoms with Gasteiger partial charge in [0.2, 0.25) is 5.91 Å². The summed E-state index contributed by atoms with van der Waals surface area (Å²) in [5.41, 5.74) is 0.832. The van der Waals surface area contributed by atoms with E-state index in [1.54, 1.807) is 30.3 Å². The van der Waals surface area contributed by atoms with Crippen molar-refractivity contribution in [1.29, 1.82) is 0 Å². The molecule has 3 rings (SSSR count). The highest BCUT2D eigenvalue weighted by atomic mass is 16.6. The van der Waals surface area contributed by atoms with E-state index in [9.17, 15) is 19.7 Å². The molecule has 1 aliphatic heterocycles. The number of benzene rings is 2. The van der Waals surface area contributed by atoms with Gasteiger partial charge in [-0.15, -0.1) is 0 Å². The summed E-state index contributed by atoms with van der Waals surface area (Å²) in [4.78, 5) is 34.8. The van der Waals surface area contributed by atoms with Gasteiger partial charge in [-0.25, -0.2) is 9.80 Å². The minimum Gasteiger partial charge on any atom is -0.456 e. The van der Waals surface area contributed by atoms with Crippen LogP contribution < -0.4 is 5.01 Å². The van der Waals surface area contributed by atoms with Crippen LogP contribution in [-0.2, 0) is 20.9 Å². The number of rotatable bonds is 5. The Morgan fingerprint density at radius 2 is 1.81 bits per heavy atom. The Labute approximate surface area is 148 Å². The van der Waals surface area contributed by atoms with Gasteiger partial charge in [0.1, 0.15) is 12.3 Å². The third kappa shape index (κ3) is 3.75. The van der Waals surface area contributed by atoms with Gasteiger partial charge in [0.25, 0.3) is 5.69 Å². The number of nitrogens with zero attached hydrogens (tertiary/aromatic N) is 3. The number of nitro groups is 1. The molecule has 8 heteroatoms. The first-order chi connectivity index (χ1) is 12.6. The zero-order valence-corrected chi connectivity index (χ0v) is 13.7. The number of ether oxygens (including phenoxy) is 1. The molecule has 0 N–H and O–H groups in total. The second kappa shape index (κ2) is 7.56. The van der Waals surface area contributed by atoms with Crippen molar-refractivity contribution in [3.63, 3.8) is 0 Å². The van der Waals surface area contributed by atoms with E-state index in [-0.39, 0.29) is 36.8 Å². The molecule has 132 valence electrons. The molecule has 0 fully saturated rings. The molecule has 8 nitrogen and oxygen atoms in total. The monoisotopic (exact) mass is 353 g/mol. The molecule has 0 spiro atoms. The molecule has 0 radical (unpaired) electrons. The number of esters is 1. The first kappa shape index (κ1) is 17.3. The first-order valence-electron chi connectivity index (χ1n) is 7.91. The van der Waals surface area contributed by atoms with Gasteiger partial charge < -0.3 is 4.74 Å². The number of carbonyl (C=O) groups is 2. The highest BCUT2D eigenvalue weighted by molar-refractivity contribution is 6.37. The summed E-state index contributed by atoms with van der Waals surface area (Å²) in [6.07, 6.45) is 0.298. The number of hydrogen-bond acceptors (Lipinski definition) is 6. The van der Waals surface area contributed by atoms with Crippen molar-refractivity contribution in [2.45, 2.75) is 19.4 Å². The van der Waals surface area contributed by atoms with E-state index in [0.29, 0.717) is 11.3 Å². The standard InChI is InChI=1S/C18H15N3O5/c22-17-11-10-15(19-20(17)14-7-2-1-3-8-14)18(23)26-12-13-6-4-5-9-16(13)21(24)25/h1-9H,10-12H2. The summed E-state index contributed by atoms with van der Waals surface area (Å²) < 4.78 is 5.17. The van der Waals surface area contributed by atoms with E-state index >= 15 is 0 Å². The van der Waals surface area contributed by atoms with Gasteiger partial charge in [-0.3, -0.25) is 14.9 Å². The SMILES string of the molecule is O=C(OCc1ccccc1[N+](=O)[O-])C1=NN(c2ccccc2)C(=O)CC1. The van der Waals surface area contributed by atoms with Crippen LogP contribution in [0.25, 0.3) is 0 Å².